The van der Waals surface area contributed by atoms with Crippen LogP contribution in [0.2, 0.25) is 0 Å². The highest BCUT2D eigenvalue weighted by Gasteiger charge is 2.36. The van der Waals surface area contributed by atoms with E-state index in [-0.39, 0.29) is 0 Å². The fourth-order valence-corrected chi connectivity index (χ4v) is 2.65. The fourth-order valence-electron chi connectivity index (χ4n) is 2.65. The average molecular weight is 289 g/mol. The smallest absolute Gasteiger partial charge is 0.136 e. The molecule has 0 aromatic carbocycles. The number of aliphatic hydroxyl groups is 1. The standard InChI is InChI=1S/C17H23NO3/c1-11-8-14(11)15-6-5-13(21-15)9-18-10-17(3,19)16-7-4-12(2)20-16/h4-7,11,14,18-19H,8-10H2,1-3H3. The number of hydrogen-bond acceptors (Lipinski definition) is 4. The highest BCUT2D eigenvalue weighted by molar-refractivity contribution is 5.18. The van der Waals surface area contributed by atoms with Crippen LogP contribution in [0.5, 0.6) is 0 Å². The van der Waals surface area contributed by atoms with Gasteiger partial charge in [-0.05, 0) is 50.5 Å². The summed E-state index contributed by atoms with van der Waals surface area (Å²) in [6.45, 7) is 6.88. The van der Waals surface area contributed by atoms with Crippen LogP contribution in [0, 0.1) is 12.8 Å². The molecular weight excluding hydrogens is 266 g/mol. The first kappa shape index (κ1) is 14.4. The van der Waals surface area contributed by atoms with Gasteiger partial charge in [0.2, 0.25) is 0 Å². The molecule has 0 bridgehead atoms. The van der Waals surface area contributed by atoms with Gasteiger partial charge in [0.25, 0.3) is 0 Å². The highest BCUT2D eigenvalue weighted by Crippen LogP contribution is 2.47. The molecule has 1 aliphatic carbocycles. The van der Waals surface area contributed by atoms with E-state index in [4.69, 9.17) is 8.83 Å². The van der Waals surface area contributed by atoms with Crippen molar-refractivity contribution in [3.8, 4) is 0 Å². The molecule has 21 heavy (non-hydrogen) atoms. The van der Waals surface area contributed by atoms with Gasteiger partial charge in [0.15, 0.2) is 0 Å². The molecule has 0 amide bonds. The molecule has 3 rings (SSSR count). The van der Waals surface area contributed by atoms with Gasteiger partial charge in [0.1, 0.15) is 28.6 Å². The lowest BCUT2D eigenvalue weighted by molar-refractivity contribution is 0.0329. The zero-order chi connectivity index (χ0) is 15.0. The Kier molecular flexibility index (Phi) is 3.68. The monoisotopic (exact) mass is 289 g/mol. The largest absolute Gasteiger partial charge is 0.464 e. The predicted octanol–water partition coefficient (Wildman–Crippen LogP) is 3.30. The van der Waals surface area contributed by atoms with Crippen molar-refractivity contribution < 1.29 is 13.9 Å². The van der Waals surface area contributed by atoms with E-state index in [0.29, 0.717) is 24.8 Å². The van der Waals surface area contributed by atoms with Crippen LogP contribution < -0.4 is 5.32 Å². The Morgan fingerprint density at radius 2 is 2.05 bits per heavy atom. The van der Waals surface area contributed by atoms with Crippen LogP contribution in [-0.4, -0.2) is 11.7 Å². The first-order valence-corrected chi connectivity index (χ1v) is 7.54. The van der Waals surface area contributed by atoms with Crippen LogP contribution in [0.3, 0.4) is 0 Å². The Balaban J connectivity index is 1.52. The predicted molar refractivity (Wildman–Crippen MR) is 80.0 cm³/mol. The Morgan fingerprint density at radius 1 is 1.29 bits per heavy atom. The minimum Gasteiger partial charge on any atom is -0.464 e. The molecule has 2 aromatic rings. The van der Waals surface area contributed by atoms with E-state index >= 15 is 0 Å². The molecule has 0 radical (unpaired) electrons. The minimum absolute atomic E-state index is 0.413. The summed E-state index contributed by atoms with van der Waals surface area (Å²) in [7, 11) is 0. The van der Waals surface area contributed by atoms with Crippen molar-refractivity contribution in [3.05, 3.63) is 47.3 Å². The van der Waals surface area contributed by atoms with Crippen molar-refractivity contribution in [2.45, 2.75) is 45.3 Å². The molecule has 4 heteroatoms. The molecule has 4 nitrogen and oxygen atoms in total. The van der Waals surface area contributed by atoms with Gasteiger partial charge >= 0.3 is 0 Å². The molecule has 0 aliphatic heterocycles. The van der Waals surface area contributed by atoms with E-state index in [1.807, 2.05) is 25.1 Å². The summed E-state index contributed by atoms with van der Waals surface area (Å²) in [5, 5.41) is 13.7. The van der Waals surface area contributed by atoms with Gasteiger partial charge in [0.05, 0.1) is 6.54 Å². The second kappa shape index (κ2) is 5.35. The van der Waals surface area contributed by atoms with Crippen molar-refractivity contribution in [1.82, 2.24) is 5.32 Å². The normalized spacial score (nSPS) is 24.0. The van der Waals surface area contributed by atoms with Gasteiger partial charge in [-0.15, -0.1) is 0 Å². The molecule has 0 saturated heterocycles. The van der Waals surface area contributed by atoms with E-state index in [1.54, 1.807) is 6.92 Å². The summed E-state index contributed by atoms with van der Waals surface area (Å²) in [5.74, 6) is 4.75. The van der Waals surface area contributed by atoms with Crippen LogP contribution >= 0.6 is 0 Å². The van der Waals surface area contributed by atoms with Gasteiger partial charge in [-0.2, -0.15) is 0 Å². The maximum atomic E-state index is 10.4. The van der Waals surface area contributed by atoms with Crippen LogP contribution in [-0.2, 0) is 12.1 Å². The van der Waals surface area contributed by atoms with E-state index in [9.17, 15) is 5.11 Å². The Morgan fingerprint density at radius 3 is 2.67 bits per heavy atom. The summed E-state index contributed by atoms with van der Waals surface area (Å²) >= 11 is 0. The quantitative estimate of drug-likeness (QED) is 0.856. The number of rotatable bonds is 6. The zero-order valence-corrected chi connectivity index (χ0v) is 12.8. The second-order valence-electron chi connectivity index (χ2n) is 6.41. The Hall–Kier alpha value is -1.52. The van der Waals surface area contributed by atoms with Crippen molar-refractivity contribution in [2.24, 2.45) is 5.92 Å². The third kappa shape index (κ3) is 3.22. The van der Waals surface area contributed by atoms with Gasteiger partial charge in [-0.25, -0.2) is 0 Å². The summed E-state index contributed by atoms with van der Waals surface area (Å²) < 4.78 is 11.3. The molecule has 0 spiro atoms. The van der Waals surface area contributed by atoms with E-state index in [0.717, 1.165) is 23.2 Å². The first-order chi connectivity index (χ1) is 9.95. The number of nitrogens with one attached hydrogen (secondary N) is 1. The summed E-state index contributed by atoms with van der Waals surface area (Å²) in [6.07, 6.45) is 1.23. The number of hydrogen-bond donors (Lipinski definition) is 2. The fraction of sp³-hybridized carbons (Fsp3) is 0.529. The average Bonchev–Trinajstić information content (AvgIpc) is 2.83. The van der Waals surface area contributed by atoms with E-state index in [2.05, 4.69) is 18.3 Å². The lowest BCUT2D eigenvalue weighted by atomic mass is 10.0. The lowest BCUT2D eigenvalue weighted by Crippen LogP contribution is -2.34. The Bertz CT molecular complexity index is 611. The summed E-state index contributed by atoms with van der Waals surface area (Å²) in [5.41, 5.74) is -1.02. The van der Waals surface area contributed by atoms with Gasteiger partial charge in [-0.1, -0.05) is 6.92 Å². The molecular formula is C17H23NO3. The van der Waals surface area contributed by atoms with Crippen LogP contribution in [0.4, 0.5) is 0 Å². The SMILES string of the molecule is Cc1ccc(C(C)(O)CNCc2ccc(C3CC3C)o2)o1. The Labute approximate surface area is 125 Å². The van der Waals surface area contributed by atoms with Crippen molar-refractivity contribution in [2.75, 3.05) is 6.54 Å². The van der Waals surface area contributed by atoms with Crippen LogP contribution in [0.25, 0.3) is 0 Å². The van der Waals surface area contributed by atoms with Crippen LogP contribution in [0.15, 0.2) is 33.1 Å². The highest BCUT2D eigenvalue weighted by atomic mass is 16.4. The van der Waals surface area contributed by atoms with E-state index < -0.39 is 5.60 Å². The molecule has 2 N–H and O–H groups in total. The maximum absolute atomic E-state index is 10.4. The maximum Gasteiger partial charge on any atom is 0.136 e. The van der Waals surface area contributed by atoms with Gasteiger partial charge in [-0.3, -0.25) is 0 Å². The van der Waals surface area contributed by atoms with Gasteiger partial charge in [0, 0.05) is 12.5 Å². The van der Waals surface area contributed by atoms with Crippen molar-refractivity contribution in [3.63, 3.8) is 0 Å². The van der Waals surface area contributed by atoms with E-state index in [1.165, 1.54) is 6.42 Å². The lowest BCUT2D eigenvalue weighted by Gasteiger charge is -2.21. The first-order valence-electron chi connectivity index (χ1n) is 7.54. The number of furan rings is 2. The third-order valence-corrected chi connectivity index (χ3v) is 4.20. The van der Waals surface area contributed by atoms with Crippen molar-refractivity contribution in [1.29, 1.82) is 0 Å². The molecule has 2 heterocycles. The summed E-state index contributed by atoms with van der Waals surface area (Å²) in [6, 6.07) is 7.76. The molecule has 3 unspecified atom stereocenters. The molecule has 1 aliphatic rings. The number of aryl methyl sites for hydroxylation is 1. The second-order valence-corrected chi connectivity index (χ2v) is 6.41. The third-order valence-electron chi connectivity index (χ3n) is 4.20. The van der Waals surface area contributed by atoms with Crippen molar-refractivity contribution >= 4 is 0 Å². The van der Waals surface area contributed by atoms with Crippen LogP contribution in [0.1, 0.15) is 49.2 Å². The van der Waals surface area contributed by atoms with Gasteiger partial charge < -0.3 is 19.3 Å². The molecule has 1 fully saturated rings. The minimum atomic E-state index is -1.02. The molecule has 2 aromatic heterocycles. The topological polar surface area (TPSA) is 58.5 Å². The molecule has 114 valence electrons. The summed E-state index contributed by atoms with van der Waals surface area (Å²) in [4.78, 5) is 0. The zero-order valence-electron chi connectivity index (χ0n) is 12.8. The molecule has 3 atom stereocenters. The molecule has 1 saturated carbocycles.